The SMILES string of the molecule is C=CC(=O)NCCc1ccccc1.CC. The lowest BCUT2D eigenvalue weighted by atomic mass is 10.1. The van der Waals surface area contributed by atoms with Gasteiger partial charge in [0.2, 0.25) is 5.91 Å². The predicted octanol–water partition coefficient (Wildman–Crippen LogP) is 2.56. The molecule has 0 fully saturated rings. The molecule has 0 saturated carbocycles. The third-order valence-electron chi connectivity index (χ3n) is 1.74. The van der Waals surface area contributed by atoms with Gasteiger partial charge >= 0.3 is 0 Å². The molecule has 1 rings (SSSR count). The maximum atomic E-state index is 10.8. The quantitative estimate of drug-likeness (QED) is 0.752. The molecular formula is C13H19NO. The number of benzene rings is 1. The zero-order chi connectivity index (χ0) is 11.5. The van der Waals surface area contributed by atoms with E-state index in [2.05, 4.69) is 11.9 Å². The largest absolute Gasteiger partial charge is 0.352 e. The topological polar surface area (TPSA) is 29.1 Å². The smallest absolute Gasteiger partial charge is 0.243 e. The van der Waals surface area contributed by atoms with E-state index >= 15 is 0 Å². The van der Waals surface area contributed by atoms with Crippen molar-refractivity contribution in [2.24, 2.45) is 0 Å². The number of carbonyl (C=O) groups is 1. The fourth-order valence-corrected chi connectivity index (χ4v) is 1.05. The first kappa shape index (κ1) is 13.4. The average Bonchev–Trinajstić information content (AvgIpc) is 2.33. The molecular weight excluding hydrogens is 186 g/mol. The van der Waals surface area contributed by atoms with Gasteiger partial charge in [0.1, 0.15) is 0 Å². The lowest BCUT2D eigenvalue weighted by molar-refractivity contribution is -0.116. The first-order chi connectivity index (χ1) is 7.33. The molecule has 1 amide bonds. The molecule has 1 N–H and O–H groups in total. The maximum Gasteiger partial charge on any atom is 0.243 e. The van der Waals surface area contributed by atoms with Crippen LogP contribution in [0, 0.1) is 0 Å². The average molecular weight is 205 g/mol. The zero-order valence-corrected chi connectivity index (χ0v) is 9.49. The first-order valence-electron chi connectivity index (χ1n) is 5.27. The van der Waals surface area contributed by atoms with Crippen LogP contribution in [-0.2, 0) is 11.2 Å². The van der Waals surface area contributed by atoms with Crippen LogP contribution in [0.1, 0.15) is 19.4 Å². The van der Waals surface area contributed by atoms with E-state index in [9.17, 15) is 4.79 Å². The second-order valence-corrected chi connectivity index (χ2v) is 2.73. The first-order valence-corrected chi connectivity index (χ1v) is 5.27. The standard InChI is InChI=1S/C11H13NO.C2H6/c1-2-11(13)12-9-8-10-6-4-3-5-7-10;1-2/h2-7H,1,8-9H2,(H,12,13);1-2H3. The van der Waals surface area contributed by atoms with Crippen LogP contribution in [0.3, 0.4) is 0 Å². The summed E-state index contributed by atoms with van der Waals surface area (Å²) < 4.78 is 0. The summed E-state index contributed by atoms with van der Waals surface area (Å²) in [6.07, 6.45) is 2.14. The molecule has 0 heterocycles. The number of nitrogens with one attached hydrogen (secondary N) is 1. The molecule has 0 aliphatic rings. The van der Waals surface area contributed by atoms with Crippen molar-refractivity contribution in [3.8, 4) is 0 Å². The Morgan fingerprint density at radius 1 is 1.33 bits per heavy atom. The van der Waals surface area contributed by atoms with E-state index in [-0.39, 0.29) is 5.91 Å². The minimum Gasteiger partial charge on any atom is -0.352 e. The van der Waals surface area contributed by atoms with Gasteiger partial charge in [-0.25, -0.2) is 0 Å². The molecule has 0 radical (unpaired) electrons. The van der Waals surface area contributed by atoms with Gasteiger partial charge in [0, 0.05) is 6.54 Å². The van der Waals surface area contributed by atoms with Gasteiger partial charge in [-0.2, -0.15) is 0 Å². The lowest BCUT2D eigenvalue weighted by Gasteiger charge is -2.01. The summed E-state index contributed by atoms with van der Waals surface area (Å²) in [4.78, 5) is 10.8. The minimum atomic E-state index is -0.115. The molecule has 0 aliphatic carbocycles. The highest BCUT2D eigenvalue weighted by Gasteiger charge is 1.93. The van der Waals surface area contributed by atoms with Crippen molar-refractivity contribution in [3.05, 3.63) is 48.6 Å². The number of rotatable bonds is 4. The third-order valence-corrected chi connectivity index (χ3v) is 1.74. The normalized spacial score (nSPS) is 8.40. The van der Waals surface area contributed by atoms with E-state index in [0.29, 0.717) is 6.54 Å². The van der Waals surface area contributed by atoms with E-state index in [0.717, 1.165) is 6.42 Å². The van der Waals surface area contributed by atoms with Crippen LogP contribution >= 0.6 is 0 Å². The van der Waals surface area contributed by atoms with E-state index in [1.54, 1.807) is 0 Å². The van der Waals surface area contributed by atoms with Crippen molar-refractivity contribution in [2.75, 3.05) is 6.54 Å². The van der Waals surface area contributed by atoms with Crippen molar-refractivity contribution in [2.45, 2.75) is 20.3 Å². The summed E-state index contributed by atoms with van der Waals surface area (Å²) in [5.41, 5.74) is 1.23. The van der Waals surface area contributed by atoms with Gasteiger partial charge in [-0.3, -0.25) is 4.79 Å². The summed E-state index contributed by atoms with van der Waals surface area (Å²) in [7, 11) is 0. The maximum absolute atomic E-state index is 10.8. The van der Waals surface area contributed by atoms with Crippen LogP contribution in [0.15, 0.2) is 43.0 Å². The molecule has 1 aromatic carbocycles. The van der Waals surface area contributed by atoms with Crippen molar-refractivity contribution in [3.63, 3.8) is 0 Å². The molecule has 0 aromatic heterocycles. The van der Waals surface area contributed by atoms with Crippen LogP contribution in [0.2, 0.25) is 0 Å². The van der Waals surface area contributed by atoms with Gasteiger partial charge in [0.05, 0.1) is 0 Å². The Kier molecular flexibility index (Phi) is 8.06. The number of hydrogen-bond donors (Lipinski definition) is 1. The molecule has 82 valence electrons. The van der Waals surface area contributed by atoms with Crippen molar-refractivity contribution < 1.29 is 4.79 Å². The van der Waals surface area contributed by atoms with Crippen LogP contribution in [0.4, 0.5) is 0 Å². The summed E-state index contributed by atoms with van der Waals surface area (Å²) in [5.74, 6) is -0.115. The Morgan fingerprint density at radius 2 is 1.93 bits per heavy atom. The van der Waals surface area contributed by atoms with Gasteiger partial charge in [-0.05, 0) is 18.1 Å². The monoisotopic (exact) mass is 205 g/mol. The second kappa shape index (κ2) is 9.00. The highest BCUT2D eigenvalue weighted by atomic mass is 16.1. The molecule has 0 bridgehead atoms. The van der Waals surface area contributed by atoms with Crippen LogP contribution < -0.4 is 5.32 Å². The molecule has 2 nitrogen and oxygen atoms in total. The van der Waals surface area contributed by atoms with Gasteiger partial charge < -0.3 is 5.32 Å². The Bertz CT molecular complexity index is 280. The summed E-state index contributed by atoms with van der Waals surface area (Å²) >= 11 is 0. The predicted molar refractivity (Wildman–Crippen MR) is 64.7 cm³/mol. The number of carbonyl (C=O) groups excluding carboxylic acids is 1. The van der Waals surface area contributed by atoms with E-state index in [1.807, 2.05) is 44.2 Å². The number of amides is 1. The molecule has 0 unspecified atom stereocenters. The molecule has 0 spiro atoms. The van der Waals surface area contributed by atoms with Crippen LogP contribution in [-0.4, -0.2) is 12.5 Å². The Morgan fingerprint density at radius 3 is 2.47 bits per heavy atom. The van der Waals surface area contributed by atoms with E-state index in [1.165, 1.54) is 11.6 Å². The Balaban J connectivity index is 0.000000921. The molecule has 0 aliphatic heterocycles. The van der Waals surface area contributed by atoms with Gasteiger partial charge in [-0.1, -0.05) is 50.8 Å². The van der Waals surface area contributed by atoms with Crippen LogP contribution in [0.25, 0.3) is 0 Å². The molecule has 1 aromatic rings. The summed E-state index contributed by atoms with van der Waals surface area (Å²) in [6.45, 7) is 8.04. The highest BCUT2D eigenvalue weighted by Crippen LogP contribution is 1.97. The molecule has 2 heteroatoms. The van der Waals surface area contributed by atoms with E-state index < -0.39 is 0 Å². The van der Waals surface area contributed by atoms with Crippen molar-refractivity contribution in [1.29, 1.82) is 0 Å². The lowest BCUT2D eigenvalue weighted by Crippen LogP contribution is -2.23. The Hall–Kier alpha value is -1.57. The van der Waals surface area contributed by atoms with Gasteiger partial charge in [0.15, 0.2) is 0 Å². The third kappa shape index (κ3) is 6.49. The minimum absolute atomic E-state index is 0.115. The van der Waals surface area contributed by atoms with Crippen molar-refractivity contribution in [1.82, 2.24) is 5.32 Å². The van der Waals surface area contributed by atoms with Gasteiger partial charge in [0.25, 0.3) is 0 Å². The second-order valence-electron chi connectivity index (χ2n) is 2.73. The fourth-order valence-electron chi connectivity index (χ4n) is 1.05. The Labute approximate surface area is 92.0 Å². The number of hydrogen-bond acceptors (Lipinski definition) is 1. The fraction of sp³-hybridized carbons (Fsp3) is 0.308. The zero-order valence-electron chi connectivity index (χ0n) is 9.49. The van der Waals surface area contributed by atoms with Crippen LogP contribution in [0.5, 0.6) is 0 Å². The molecule has 15 heavy (non-hydrogen) atoms. The summed E-state index contributed by atoms with van der Waals surface area (Å²) in [6, 6.07) is 10.0. The summed E-state index contributed by atoms with van der Waals surface area (Å²) in [5, 5.41) is 2.72. The molecule has 0 atom stereocenters. The highest BCUT2D eigenvalue weighted by molar-refractivity contribution is 5.86. The van der Waals surface area contributed by atoms with E-state index in [4.69, 9.17) is 0 Å². The molecule has 0 saturated heterocycles. The van der Waals surface area contributed by atoms with Crippen molar-refractivity contribution >= 4 is 5.91 Å². The van der Waals surface area contributed by atoms with Gasteiger partial charge in [-0.15, -0.1) is 0 Å².